The average molecular weight is 383 g/mol. The number of aromatic nitrogens is 4. The number of piperidine rings is 1. The molecular formula is C21H26FN5O. The number of carbonyl (C=O) groups is 1. The number of carbonyl (C=O) groups excluding carboxylic acids is 1. The lowest BCUT2D eigenvalue weighted by atomic mass is 9.96. The van der Waals surface area contributed by atoms with Crippen LogP contribution in [-0.4, -0.2) is 43.4 Å². The van der Waals surface area contributed by atoms with E-state index in [1.54, 1.807) is 6.07 Å². The average Bonchev–Trinajstić information content (AvgIpc) is 3.32. The van der Waals surface area contributed by atoms with E-state index in [1.165, 1.54) is 12.1 Å². The van der Waals surface area contributed by atoms with Crippen molar-refractivity contribution in [1.82, 2.24) is 24.4 Å². The van der Waals surface area contributed by atoms with E-state index in [-0.39, 0.29) is 17.6 Å². The summed E-state index contributed by atoms with van der Waals surface area (Å²) in [5.74, 6) is 1.92. The Morgan fingerprint density at radius 3 is 3.07 bits per heavy atom. The van der Waals surface area contributed by atoms with Crippen LogP contribution in [0.4, 0.5) is 4.39 Å². The molecule has 1 N–H and O–H groups in total. The highest BCUT2D eigenvalue weighted by molar-refractivity contribution is 5.77. The van der Waals surface area contributed by atoms with Gasteiger partial charge in [0.1, 0.15) is 17.5 Å². The number of likely N-dealkylation sites (tertiary alicyclic amines) is 1. The Balaban J connectivity index is 1.39. The number of aromatic amines is 1. The van der Waals surface area contributed by atoms with Crippen molar-refractivity contribution in [2.45, 2.75) is 51.5 Å². The van der Waals surface area contributed by atoms with Crippen molar-refractivity contribution in [3.8, 4) is 0 Å². The zero-order valence-electron chi connectivity index (χ0n) is 16.4. The first-order chi connectivity index (χ1) is 13.5. The van der Waals surface area contributed by atoms with Gasteiger partial charge in [-0.3, -0.25) is 4.79 Å². The number of nitrogens with one attached hydrogen (secondary N) is 1. The van der Waals surface area contributed by atoms with Gasteiger partial charge in [0.05, 0.1) is 11.0 Å². The summed E-state index contributed by atoms with van der Waals surface area (Å²) in [6, 6.07) is 4.84. The summed E-state index contributed by atoms with van der Waals surface area (Å²) in [5.41, 5.74) is 1.39. The normalized spacial score (nSPS) is 17.6. The van der Waals surface area contributed by atoms with Crippen molar-refractivity contribution < 1.29 is 9.18 Å². The largest absolute Gasteiger partial charge is 0.342 e. The van der Waals surface area contributed by atoms with Gasteiger partial charge in [0.15, 0.2) is 0 Å². The van der Waals surface area contributed by atoms with Crippen molar-refractivity contribution >= 4 is 16.9 Å². The molecule has 7 heteroatoms. The minimum atomic E-state index is -0.294. The molecule has 1 atom stereocenters. The maximum Gasteiger partial charge on any atom is 0.223 e. The number of imidazole rings is 2. The maximum absolute atomic E-state index is 13.3. The number of hydrogen-bond donors (Lipinski definition) is 1. The smallest absolute Gasteiger partial charge is 0.223 e. The first-order valence-corrected chi connectivity index (χ1v) is 9.96. The van der Waals surface area contributed by atoms with Crippen LogP contribution in [0.5, 0.6) is 0 Å². The van der Waals surface area contributed by atoms with E-state index in [4.69, 9.17) is 0 Å². The van der Waals surface area contributed by atoms with Crippen molar-refractivity contribution in [3.05, 3.63) is 48.1 Å². The number of nitrogens with zero attached hydrogens (tertiary/aromatic N) is 4. The number of H-pyrrole nitrogens is 1. The van der Waals surface area contributed by atoms with Gasteiger partial charge in [0, 0.05) is 50.3 Å². The molecule has 0 radical (unpaired) electrons. The number of benzene rings is 1. The number of rotatable bonds is 5. The molecule has 0 saturated carbocycles. The van der Waals surface area contributed by atoms with Gasteiger partial charge < -0.3 is 14.5 Å². The SMILES string of the molecule is CC(C)n1ccnc1[C@@H]1CCCN(C(=O)CCc2nc3ccc(F)cc3[nH]2)C1. The monoisotopic (exact) mass is 383 g/mol. The van der Waals surface area contributed by atoms with Gasteiger partial charge in [-0.1, -0.05) is 0 Å². The maximum atomic E-state index is 13.3. The van der Waals surface area contributed by atoms with Crippen LogP contribution in [0.2, 0.25) is 0 Å². The fourth-order valence-electron chi connectivity index (χ4n) is 4.03. The highest BCUT2D eigenvalue weighted by Crippen LogP contribution is 2.28. The molecule has 0 bridgehead atoms. The molecule has 3 aromatic rings. The Bertz CT molecular complexity index is 976. The lowest BCUT2D eigenvalue weighted by Gasteiger charge is -2.33. The minimum Gasteiger partial charge on any atom is -0.342 e. The van der Waals surface area contributed by atoms with Crippen molar-refractivity contribution in [2.24, 2.45) is 0 Å². The quantitative estimate of drug-likeness (QED) is 0.728. The van der Waals surface area contributed by atoms with Gasteiger partial charge >= 0.3 is 0 Å². The van der Waals surface area contributed by atoms with E-state index in [0.717, 1.165) is 36.6 Å². The summed E-state index contributed by atoms with van der Waals surface area (Å²) in [4.78, 5) is 26.8. The van der Waals surface area contributed by atoms with Crippen LogP contribution in [0.15, 0.2) is 30.6 Å². The second-order valence-electron chi connectivity index (χ2n) is 7.81. The Morgan fingerprint density at radius 1 is 1.39 bits per heavy atom. The number of amides is 1. The molecule has 1 saturated heterocycles. The standard InChI is InChI=1S/C21H26FN5O/c1-14(2)27-11-9-23-21(27)15-4-3-10-26(13-15)20(28)8-7-19-24-17-6-5-16(22)12-18(17)25-19/h5-6,9,11-12,14-15H,3-4,7-8,10,13H2,1-2H3,(H,24,25)/t15-/m1/s1. The van der Waals surface area contributed by atoms with Crippen LogP contribution in [0.1, 0.15) is 56.7 Å². The zero-order valence-corrected chi connectivity index (χ0v) is 16.4. The molecule has 6 nitrogen and oxygen atoms in total. The predicted octanol–water partition coefficient (Wildman–Crippen LogP) is 3.82. The molecule has 1 fully saturated rings. The van der Waals surface area contributed by atoms with Gasteiger partial charge in [-0.15, -0.1) is 0 Å². The Hall–Kier alpha value is -2.70. The topological polar surface area (TPSA) is 66.8 Å². The van der Waals surface area contributed by atoms with Crippen molar-refractivity contribution in [3.63, 3.8) is 0 Å². The molecule has 1 aliphatic heterocycles. The summed E-state index contributed by atoms with van der Waals surface area (Å²) >= 11 is 0. The first kappa shape index (κ1) is 18.7. The van der Waals surface area contributed by atoms with Gasteiger partial charge in [-0.25, -0.2) is 14.4 Å². The molecule has 0 spiro atoms. The Morgan fingerprint density at radius 2 is 2.25 bits per heavy atom. The van der Waals surface area contributed by atoms with Crippen LogP contribution in [-0.2, 0) is 11.2 Å². The van der Waals surface area contributed by atoms with E-state index in [0.29, 0.717) is 30.9 Å². The predicted molar refractivity (Wildman–Crippen MR) is 106 cm³/mol. The number of fused-ring (bicyclic) bond motifs is 1. The highest BCUT2D eigenvalue weighted by atomic mass is 19.1. The second kappa shape index (κ2) is 7.73. The molecule has 28 heavy (non-hydrogen) atoms. The molecule has 0 aliphatic carbocycles. The zero-order chi connectivity index (χ0) is 19.7. The summed E-state index contributed by atoms with van der Waals surface area (Å²) < 4.78 is 15.5. The molecule has 4 rings (SSSR count). The van der Waals surface area contributed by atoms with E-state index in [2.05, 4.69) is 33.4 Å². The summed E-state index contributed by atoms with van der Waals surface area (Å²) in [5, 5.41) is 0. The molecule has 148 valence electrons. The lowest BCUT2D eigenvalue weighted by Crippen LogP contribution is -2.40. The number of halogens is 1. The van der Waals surface area contributed by atoms with Crippen molar-refractivity contribution in [2.75, 3.05) is 13.1 Å². The fraction of sp³-hybridized carbons (Fsp3) is 0.476. The van der Waals surface area contributed by atoms with Crippen molar-refractivity contribution in [1.29, 1.82) is 0 Å². The van der Waals surface area contributed by atoms with Gasteiger partial charge in [0.25, 0.3) is 0 Å². The van der Waals surface area contributed by atoms with E-state index in [9.17, 15) is 9.18 Å². The van der Waals surface area contributed by atoms with E-state index >= 15 is 0 Å². The molecule has 1 aliphatic rings. The summed E-state index contributed by atoms with van der Waals surface area (Å²) in [7, 11) is 0. The van der Waals surface area contributed by atoms with E-state index in [1.807, 2.05) is 17.3 Å². The van der Waals surface area contributed by atoms with Crippen LogP contribution in [0.25, 0.3) is 11.0 Å². The number of hydrogen-bond acceptors (Lipinski definition) is 3. The lowest BCUT2D eigenvalue weighted by molar-refractivity contribution is -0.132. The molecule has 1 amide bonds. The summed E-state index contributed by atoms with van der Waals surface area (Å²) in [6.45, 7) is 5.81. The summed E-state index contributed by atoms with van der Waals surface area (Å²) in [6.07, 6.45) is 6.84. The third kappa shape index (κ3) is 3.79. The van der Waals surface area contributed by atoms with Gasteiger partial charge in [-0.05, 0) is 44.9 Å². The molecular weight excluding hydrogens is 357 g/mol. The third-order valence-corrected chi connectivity index (χ3v) is 5.46. The minimum absolute atomic E-state index is 0.138. The van der Waals surface area contributed by atoms with Gasteiger partial charge in [-0.2, -0.15) is 0 Å². The van der Waals surface area contributed by atoms with Gasteiger partial charge in [0.2, 0.25) is 5.91 Å². The van der Waals surface area contributed by atoms with Crippen LogP contribution in [0.3, 0.4) is 0 Å². The van der Waals surface area contributed by atoms with Crippen LogP contribution < -0.4 is 0 Å². The second-order valence-corrected chi connectivity index (χ2v) is 7.81. The van der Waals surface area contributed by atoms with Crippen LogP contribution in [0, 0.1) is 5.82 Å². The third-order valence-electron chi connectivity index (χ3n) is 5.46. The molecule has 3 heterocycles. The first-order valence-electron chi connectivity index (χ1n) is 9.96. The van der Waals surface area contributed by atoms with Crippen LogP contribution >= 0.6 is 0 Å². The molecule has 1 aromatic carbocycles. The Kier molecular flexibility index (Phi) is 5.15. The van der Waals surface area contributed by atoms with E-state index < -0.39 is 0 Å². The molecule has 0 unspecified atom stereocenters. The fourth-order valence-corrected chi connectivity index (χ4v) is 4.03. The Labute approximate surface area is 163 Å². The number of aryl methyl sites for hydroxylation is 1. The highest BCUT2D eigenvalue weighted by Gasteiger charge is 2.27. The molecule has 2 aromatic heterocycles.